The van der Waals surface area contributed by atoms with Gasteiger partial charge in [0.2, 0.25) is 11.9 Å². The molecule has 4 N–H and O–H groups in total. The summed E-state index contributed by atoms with van der Waals surface area (Å²) in [6.07, 6.45) is 5.10. The van der Waals surface area contributed by atoms with Crippen molar-refractivity contribution in [2.75, 3.05) is 5.32 Å². The number of nitrogens with two attached hydrogens (primary N) is 1. The molecule has 1 aromatic carbocycles. The summed E-state index contributed by atoms with van der Waals surface area (Å²) < 4.78 is 0. The van der Waals surface area contributed by atoms with Crippen LogP contribution < -0.4 is 16.4 Å². The Morgan fingerprint density at radius 1 is 1.23 bits per heavy atom. The molecule has 0 aliphatic rings. The van der Waals surface area contributed by atoms with Crippen molar-refractivity contribution in [3.8, 4) is 6.19 Å². The van der Waals surface area contributed by atoms with Crippen molar-refractivity contribution in [3.63, 3.8) is 0 Å². The van der Waals surface area contributed by atoms with Gasteiger partial charge in [0, 0.05) is 23.6 Å². The minimum absolute atomic E-state index is 0.327. The van der Waals surface area contributed by atoms with Gasteiger partial charge in [-0.05, 0) is 29.8 Å². The lowest BCUT2D eigenvalue weighted by molar-refractivity contribution is 0.100. The second kappa shape index (κ2) is 7.40. The third-order valence-corrected chi connectivity index (χ3v) is 2.78. The number of aliphatic imine (C=N–C) groups is 1. The number of primary amides is 1. The van der Waals surface area contributed by atoms with Crippen LogP contribution in [0.4, 0.5) is 5.69 Å². The largest absolute Gasteiger partial charge is 0.366 e. The molecular weight excluding hydrogens is 280 g/mol. The molecular formula is C15H14N6O. The summed E-state index contributed by atoms with van der Waals surface area (Å²) in [5, 5.41) is 14.2. The standard InChI is InChI=1S/C15H14N6O/c16-10-20-15(21-13-5-7-18-8-6-13)19-9-11-1-3-12(4-2-11)14(17)22/h1-8H,9H2,(H2,17,22)(H2,18,19,20,21). The smallest absolute Gasteiger partial charge is 0.248 e. The maximum absolute atomic E-state index is 11.0. The van der Waals surface area contributed by atoms with Gasteiger partial charge >= 0.3 is 0 Å². The van der Waals surface area contributed by atoms with E-state index in [9.17, 15) is 4.79 Å². The van der Waals surface area contributed by atoms with E-state index in [0.717, 1.165) is 11.3 Å². The molecule has 0 radical (unpaired) electrons. The molecule has 0 saturated heterocycles. The van der Waals surface area contributed by atoms with Gasteiger partial charge in [0.05, 0.1) is 6.54 Å². The molecule has 0 aliphatic carbocycles. The summed E-state index contributed by atoms with van der Waals surface area (Å²) in [4.78, 5) is 19.2. The lowest BCUT2D eigenvalue weighted by Crippen LogP contribution is -2.26. The molecule has 1 heterocycles. The number of nitriles is 1. The van der Waals surface area contributed by atoms with E-state index >= 15 is 0 Å². The van der Waals surface area contributed by atoms with Crippen LogP contribution in [-0.2, 0) is 6.54 Å². The molecule has 7 heteroatoms. The van der Waals surface area contributed by atoms with E-state index in [2.05, 4.69) is 20.6 Å². The quantitative estimate of drug-likeness (QED) is 0.339. The zero-order valence-corrected chi connectivity index (χ0v) is 11.7. The summed E-state index contributed by atoms with van der Waals surface area (Å²) >= 11 is 0. The Kier molecular flexibility index (Phi) is 5.04. The van der Waals surface area contributed by atoms with Gasteiger partial charge in [0.15, 0.2) is 6.19 Å². The number of carbonyl (C=O) groups excluding carboxylic acids is 1. The average Bonchev–Trinajstić information content (AvgIpc) is 2.54. The predicted octanol–water partition coefficient (Wildman–Crippen LogP) is 1.22. The van der Waals surface area contributed by atoms with Crippen LogP contribution in [0.15, 0.2) is 53.8 Å². The minimum atomic E-state index is -0.471. The first kappa shape index (κ1) is 15.0. The topological polar surface area (TPSA) is 116 Å². The van der Waals surface area contributed by atoms with E-state index in [1.54, 1.807) is 48.8 Å². The van der Waals surface area contributed by atoms with Crippen molar-refractivity contribution in [1.82, 2.24) is 10.3 Å². The van der Waals surface area contributed by atoms with Crippen LogP contribution in [0, 0.1) is 11.5 Å². The van der Waals surface area contributed by atoms with E-state index in [-0.39, 0.29) is 0 Å². The van der Waals surface area contributed by atoms with Gasteiger partial charge < -0.3 is 11.1 Å². The number of anilines is 1. The fraction of sp³-hybridized carbons (Fsp3) is 0.0667. The van der Waals surface area contributed by atoms with Gasteiger partial charge in [-0.25, -0.2) is 4.99 Å². The Hall–Kier alpha value is -3.40. The number of rotatable bonds is 4. The molecule has 7 nitrogen and oxygen atoms in total. The number of hydrogen-bond acceptors (Lipinski definition) is 4. The highest BCUT2D eigenvalue weighted by atomic mass is 16.1. The molecule has 0 fully saturated rings. The Labute approximate surface area is 127 Å². The Balaban J connectivity index is 2.06. The maximum Gasteiger partial charge on any atom is 0.248 e. The number of hydrogen-bond donors (Lipinski definition) is 3. The van der Waals surface area contributed by atoms with E-state index in [4.69, 9.17) is 11.0 Å². The first-order valence-electron chi connectivity index (χ1n) is 6.44. The number of nitrogens with zero attached hydrogens (tertiary/aromatic N) is 3. The van der Waals surface area contributed by atoms with Gasteiger partial charge in [-0.15, -0.1) is 0 Å². The van der Waals surface area contributed by atoms with Crippen LogP contribution in [0.25, 0.3) is 0 Å². The number of guanidine groups is 1. The first-order chi connectivity index (χ1) is 10.7. The molecule has 0 atom stereocenters. The zero-order valence-electron chi connectivity index (χ0n) is 11.7. The molecule has 1 aromatic heterocycles. The Morgan fingerprint density at radius 2 is 1.91 bits per heavy atom. The van der Waals surface area contributed by atoms with E-state index < -0.39 is 5.91 Å². The van der Waals surface area contributed by atoms with Crippen molar-refractivity contribution in [2.24, 2.45) is 10.7 Å². The first-order valence-corrected chi connectivity index (χ1v) is 6.44. The van der Waals surface area contributed by atoms with Crippen LogP contribution >= 0.6 is 0 Å². The second-order valence-corrected chi connectivity index (χ2v) is 4.32. The lowest BCUT2D eigenvalue weighted by atomic mass is 10.1. The molecule has 0 saturated carbocycles. The monoisotopic (exact) mass is 294 g/mol. The lowest BCUT2D eigenvalue weighted by Gasteiger charge is -2.07. The second-order valence-electron chi connectivity index (χ2n) is 4.32. The fourth-order valence-corrected chi connectivity index (χ4v) is 1.68. The summed E-state index contributed by atoms with van der Waals surface area (Å²) in [6, 6.07) is 10.3. The predicted molar refractivity (Wildman–Crippen MR) is 82.7 cm³/mol. The van der Waals surface area contributed by atoms with E-state index in [1.807, 2.05) is 6.19 Å². The number of benzene rings is 1. The normalized spacial score (nSPS) is 10.6. The highest BCUT2D eigenvalue weighted by Crippen LogP contribution is 2.06. The maximum atomic E-state index is 11.0. The number of nitrogens with one attached hydrogen (secondary N) is 2. The highest BCUT2D eigenvalue weighted by molar-refractivity contribution is 5.94. The van der Waals surface area contributed by atoms with Crippen LogP contribution in [-0.4, -0.2) is 16.9 Å². The van der Waals surface area contributed by atoms with Crippen molar-refractivity contribution in [3.05, 3.63) is 59.9 Å². The van der Waals surface area contributed by atoms with Gasteiger partial charge in [-0.3, -0.25) is 15.1 Å². The molecule has 0 unspecified atom stereocenters. The van der Waals surface area contributed by atoms with Crippen molar-refractivity contribution >= 4 is 17.6 Å². The molecule has 0 bridgehead atoms. The van der Waals surface area contributed by atoms with Gasteiger partial charge in [0.25, 0.3) is 0 Å². The fourth-order valence-electron chi connectivity index (χ4n) is 1.68. The van der Waals surface area contributed by atoms with Gasteiger partial charge in [-0.2, -0.15) is 5.26 Å². The third kappa shape index (κ3) is 4.31. The van der Waals surface area contributed by atoms with Gasteiger partial charge in [0.1, 0.15) is 0 Å². The van der Waals surface area contributed by atoms with Gasteiger partial charge in [-0.1, -0.05) is 12.1 Å². The molecule has 0 spiro atoms. The Morgan fingerprint density at radius 3 is 2.50 bits per heavy atom. The van der Waals surface area contributed by atoms with Crippen LogP contribution in [0.3, 0.4) is 0 Å². The summed E-state index contributed by atoms with van der Waals surface area (Å²) in [5.74, 6) is -0.145. The van der Waals surface area contributed by atoms with E-state index in [0.29, 0.717) is 18.1 Å². The zero-order chi connectivity index (χ0) is 15.8. The molecule has 2 rings (SSSR count). The number of aromatic nitrogens is 1. The molecule has 2 aromatic rings. The summed E-state index contributed by atoms with van der Waals surface area (Å²) in [6.45, 7) is 0.348. The third-order valence-electron chi connectivity index (χ3n) is 2.78. The molecule has 0 aliphatic heterocycles. The van der Waals surface area contributed by atoms with Crippen molar-refractivity contribution in [2.45, 2.75) is 6.54 Å². The summed E-state index contributed by atoms with van der Waals surface area (Å²) in [7, 11) is 0. The van der Waals surface area contributed by atoms with E-state index in [1.165, 1.54) is 0 Å². The van der Waals surface area contributed by atoms with Crippen LogP contribution in [0.1, 0.15) is 15.9 Å². The minimum Gasteiger partial charge on any atom is -0.366 e. The van der Waals surface area contributed by atoms with Crippen LogP contribution in [0.5, 0.6) is 0 Å². The molecule has 1 amide bonds. The molecule has 22 heavy (non-hydrogen) atoms. The average molecular weight is 294 g/mol. The van der Waals surface area contributed by atoms with Crippen molar-refractivity contribution in [1.29, 1.82) is 5.26 Å². The number of pyridine rings is 1. The SMILES string of the molecule is N#CNC(=NCc1ccc(C(N)=O)cc1)Nc1ccncc1. The van der Waals surface area contributed by atoms with Crippen LogP contribution in [0.2, 0.25) is 0 Å². The Bertz CT molecular complexity index is 703. The van der Waals surface area contributed by atoms with Crippen molar-refractivity contribution < 1.29 is 4.79 Å². The molecule has 110 valence electrons. The summed E-state index contributed by atoms with van der Waals surface area (Å²) in [5.41, 5.74) is 7.28. The highest BCUT2D eigenvalue weighted by Gasteiger charge is 2.01. The number of amides is 1. The number of carbonyl (C=O) groups is 1.